The number of carbonyl (C=O) groups is 1. The van der Waals surface area contributed by atoms with Crippen molar-refractivity contribution in [1.29, 1.82) is 0 Å². The summed E-state index contributed by atoms with van der Waals surface area (Å²) in [4.78, 5) is 12.7. The van der Waals surface area contributed by atoms with E-state index in [1.54, 1.807) is 24.3 Å². The molecule has 118 valence electrons. The summed E-state index contributed by atoms with van der Waals surface area (Å²) in [5.74, 6) is -3.00. The molecule has 0 N–H and O–H groups in total. The predicted octanol–water partition coefficient (Wildman–Crippen LogP) is 4.67. The number of halogens is 1. The van der Waals surface area contributed by atoms with Crippen LogP contribution in [0.1, 0.15) is 43.5 Å². The molecular weight excluding hydrogens is 344 g/mol. The maximum atomic E-state index is 12.7. The number of methoxy groups -OCH3 is 1. The van der Waals surface area contributed by atoms with Gasteiger partial charge < -0.3 is 9.47 Å². The van der Waals surface area contributed by atoms with Gasteiger partial charge in [-0.05, 0) is 48.1 Å². The zero-order valence-corrected chi connectivity index (χ0v) is 13.7. The molecular formula is C18H21BrO3. The summed E-state index contributed by atoms with van der Waals surface area (Å²) in [7, 11) is 1.52. The molecule has 1 atom stereocenters. The van der Waals surface area contributed by atoms with Gasteiger partial charge in [0.05, 0.1) is 22.3 Å². The van der Waals surface area contributed by atoms with Gasteiger partial charge in [-0.3, -0.25) is 4.79 Å². The molecule has 0 aliphatic carbocycles. The number of fused-ring (bicyclic) bond motifs is 1. The Morgan fingerprint density at radius 2 is 2.00 bits per heavy atom. The minimum Gasteiger partial charge on any atom is -0.497 e. The van der Waals surface area contributed by atoms with Crippen LogP contribution in [-0.4, -0.2) is 24.9 Å². The van der Waals surface area contributed by atoms with E-state index in [1.165, 1.54) is 19.2 Å². The van der Waals surface area contributed by atoms with Crippen LogP contribution in [0.25, 0.3) is 10.8 Å². The molecule has 0 aromatic heterocycles. The van der Waals surface area contributed by atoms with Crippen molar-refractivity contribution >= 4 is 32.7 Å². The van der Waals surface area contributed by atoms with E-state index in [-0.39, 0.29) is 5.56 Å². The van der Waals surface area contributed by atoms with E-state index in [4.69, 9.17) is 17.1 Å². The third-order valence-corrected chi connectivity index (χ3v) is 3.29. The second-order valence-electron chi connectivity index (χ2n) is 4.39. The fraction of sp³-hybridized carbons (Fsp3) is 0.389. The van der Waals surface area contributed by atoms with Gasteiger partial charge in [-0.25, -0.2) is 0 Å². The van der Waals surface area contributed by atoms with Crippen molar-refractivity contribution in [3.8, 4) is 5.75 Å². The third-order valence-electron chi connectivity index (χ3n) is 3.09. The Bertz CT molecular complexity index is 987. The molecule has 2 aromatic carbocycles. The van der Waals surface area contributed by atoms with Crippen molar-refractivity contribution in [3.63, 3.8) is 0 Å². The molecule has 0 aliphatic heterocycles. The lowest BCUT2D eigenvalue weighted by Gasteiger charge is -2.13. The smallest absolute Gasteiger partial charge is 0.313 e. The quantitative estimate of drug-likeness (QED) is 0.522. The lowest BCUT2D eigenvalue weighted by atomic mass is 9.98. The lowest BCUT2D eigenvalue weighted by molar-refractivity contribution is -0.145. The predicted molar refractivity (Wildman–Crippen MR) is 92.9 cm³/mol. The molecule has 0 amide bonds. The van der Waals surface area contributed by atoms with Crippen LogP contribution >= 0.6 is 15.9 Å². The van der Waals surface area contributed by atoms with Gasteiger partial charge in [0.25, 0.3) is 0 Å². The number of hydrogen-bond donors (Lipinski definition) is 0. The van der Waals surface area contributed by atoms with Crippen LogP contribution < -0.4 is 4.74 Å². The van der Waals surface area contributed by atoms with Crippen LogP contribution in [0.4, 0.5) is 0 Å². The first-order valence-electron chi connectivity index (χ1n) is 10.9. The van der Waals surface area contributed by atoms with E-state index in [1.807, 2.05) is 0 Å². The molecule has 0 saturated carbocycles. The van der Waals surface area contributed by atoms with Crippen LogP contribution in [-0.2, 0) is 9.53 Å². The summed E-state index contributed by atoms with van der Waals surface area (Å²) in [5, 5.41) is -1.52. The normalized spacial score (nSPS) is 22.2. The van der Waals surface area contributed by atoms with Crippen molar-refractivity contribution in [2.24, 2.45) is 0 Å². The summed E-state index contributed by atoms with van der Waals surface area (Å²) in [6.45, 7) is -2.44. The Balaban J connectivity index is 2.37. The monoisotopic (exact) mass is 373 g/mol. The first-order valence-corrected chi connectivity index (χ1v) is 7.18. The van der Waals surface area contributed by atoms with Crippen molar-refractivity contribution in [3.05, 3.63) is 42.0 Å². The van der Waals surface area contributed by atoms with Crippen LogP contribution in [0, 0.1) is 0 Å². The molecule has 0 spiro atoms. The van der Waals surface area contributed by atoms with Crippen molar-refractivity contribution in [1.82, 2.24) is 0 Å². The molecule has 3 nitrogen and oxygen atoms in total. The highest BCUT2D eigenvalue weighted by atomic mass is 79.9. The van der Waals surface area contributed by atoms with Gasteiger partial charge in [-0.1, -0.05) is 40.2 Å². The maximum Gasteiger partial charge on any atom is 0.313 e. The molecule has 22 heavy (non-hydrogen) atoms. The minimum absolute atomic E-state index is 0.144. The summed E-state index contributed by atoms with van der Waals surface area (Å²) in [5.41, 5.74) is 0.144. The highest BCUT2D eigenvalue weighted by Crippen LogP contribution is 2.25. The standard InChI is InChI=1S/C18H21BrO3/c1-13(18(20)22-10-4-3-9-19)14-5-6-16-12-17(21-2)8-7-15(16)11-14/h5-8,11-13H,3-4,9-10H2,1-2H3/t13-/m0/s1/i3D2,4D2,9D2,10D2,13D. The second-order valence-corrected chi connectivity index (χ2v) is 4.79. The minimum atomic E-state index is -3.60. The van der Waals surface area contributed by atoms with Crippen molar-refractivity contribution < 1.29 is 26.6 Å². The van der Waals surface area contributed by atoms with Crippen molar-refractivity contribution in [2.45, 2.75) is 25.6 Å². The van der Waals surface area contributed by atoms with E-state index >= 15 is 0 Å². The first kappa shape index (κ1) is 8.34. The number of ether oxygens (including phenoxy) is 2. The molecule has 0 fully saturated rings. The SMILES string of the molecule is [2H]C([2H])(Br)C([2H])([2H])C([2H])([2H])C([2H])([2H])OC(=O)[C@@]([2H])(C)c1ccc2cc(OC)ccc2c1. The average Bonchev–Trinajstić information content (AvgIpc) is 2.65. The van der Waals surface area contributed by atoms with E-state index < -0.39 is 36.5 Å². The van der Waals surface area contributed by atoms with Gasteiger partial charge in [0.1, 0.15) is 5.75 Å². The van der Waals surface area contributed by atoms with Gasteiger partial charge in [0.2, 0.25) is 0 Å². The summed E-state index contributed by atoms with van der Waals surface area (Å²) in [6.07, 6.45) is -7.02. The maximum absolute atomic E-state index is 12.7. The Kier molecular flexibility index (Phi) is 3.10. The van der Waals surface area contributed by atoms with Gasteiger partial charge in [0.15, 0.2) is 0 Å². The third kappa shape index (κ3) is 4.23. The highest BCUT2D eigenvalue weighted by molar-refractivity contribution is 9.09. The lowest BCUT2D eigenvalue weighted by Crippen LogP contribution is -2.14. The van der Waals surface area contributed by atoms with E-state index in [0.29, 0.717) is 11.1 Å². The molecule has 4 heteroatoms. The average molecular weight is 374 g/mol. The second kappa shape index (κ2) is 8.18. The number of carbonyl (C=O) groups excluding carboxylic acids is 1. The van der Waals surface area contributed by atoms with Gasteiger partial charge in [0, 0.05) is 14.9 Å². The Labute approximate surface area is 152 Å². The van der Waals surface area contributed by atoms with Gasteiger partial charge in [-0.15, -0.1) is 0 Å². The van der Waals surface area contributed by atoms with Crippen LogP contribution in [0.2, 0.25) is 0 Å². The molecule has 0 saturated heterocycles. The van der Waals surface area contributed by atoms with E-state index in [9.17, 15) is 4.79 Å². The topological polar surface area (TPSA) is 35.5 Å². The largest absolute Gasteiger partial charge is 0.497 e. The Morgan fingerprint density at radius 3 is 2.73 bits per heavy atom. The number of alkyl halides is 1. The molecule has 0 bridgehead atoms. The molecule has 2 rings (SSSR count). The fourth-order valence-electron chi connectivity index (χ4n) is 1.90. The van der Waals surface area contributed by atoms with Crippen LogP contribution in [0.3, 0.4) is 0 Å². The molecule has 0 aliphatic rings. The van der Waals surface area contributed by atoms with Gasteiger partial charge >= 0.3 is 5.97 Å². The number of hydrogen-bond acceptors (Lipinski definition) is 3. The molecule has 2 aromatic rings. The highest BCUT2D eigenvalue weighted by Gasteiger charge is 2.17. The van der Waals surface area contributed by atoms with Gasteiger partial charge in [-0.2, -0.15) is 0 Å². The number of rotatable bonds is 7. The Hall–Kier alpha value is -1.55. The summed E-state index contributed by atoms with van der Waals surface area (Å²) in [6, 6.07) is 9.79. The molecule has 0 heterocycles. The van der Waals surface area contributed by atoms with E-state index in [2.05, 4.69) is 20.7 Å². The number of esters is 1. The zero-order chi connectivity index (χ0) is 24.0. The molecule has 0 unspecified atom stereocenters. The van der Waals surface area contributed by atoms with E-state index in [0.717, 1.165) is 12.3 Å². The Morgan fingerprint density at radius 1 is 1.27 bits per heavy atom. The summed E-state index contributed by atoms with van der Waals surface area (Å²) < 4.78 is 79.8. The molecule has 0 radical (unpaired) electrons. The van der Waals surface area contributed by atoms with Crippen molar-refractivity contribution in [2.75, 3.05) is 19.0 Å². The number of benzene rings is 2. The van der Waals surface area contributed by atoms with Crippen LogP contribution in [0.5, 0.6) is 5.75 Å². The fourth-order valence-corrected chi connectivity index (χ4v) is 2.00. The van der Waals surface area contributed by atoms with Crippen LogP contribution in [0.15, 0.2) is 36.4 Å². The first-order chi connectivity index (χ1) is 13.9. The zero-order valence-electron chi connectivity index (χ0n) is 21.1. The summed E-state index contributed by atoms with van der Waals surface area (Å²) >= 11 is 2.37.